The van der Waals surface area contributed by atoms with Gasteiger partial charge in [0.2, 0.25) is 0 Å². The molecule has 0 amide bonds. The number of rotatable bonds is 8. The maximum Gasteiger partial charge on any atom is 0.191 e. The Morgan fingerprint density at radius 2 is 1.79 bits per heavy atom. The van der Waals surface area contributed by atoms with Crippen LogP contribution in [0.2, 0.25) is 0 Å². The zero-order valence-electron chi connectivity index (χ0n) is 17.8. The van der Waals surface area contributed by atoms with Gasteiger partial charge < -0.3 is 15.4 Å². The van der Waals surface area contributed by atoms with E-state index >= 15 is 0 Å². The molecule has 0 spiro atoms. The Balaban J connectivity index is 0.00000420. The van der Waals surface area contributed by atoms with Gasteiger partial charge in [-0.25, -0.2) is 13.4 Å². The van der Waals surface area contributed by atoms with E-state index in [1.54, 1.807) is 12.1 Å². The number of sulfone groups is 1. The number of benzene rings is 1. The predicted molar refractivity (Wildman–Crippen MR) is 129 cm³/mol. The van der Waals surface area contributed by atoms with Crippen molar-refractivity contribution in [1.82, 2.24) is 15.5 Å². The van der Waals surface area contributed by atoms with E-state index in [9.17, 15) is 8.42 Å². The van der Waals surface area contributed by atoms with Crippen molar-refractivity contribution in [3.8, 4) is 0 Å². The SMILES string of the molecule is CCNC(=NCc1ccc(S(C)(=O)=O)cc1)NCC(C(C)C)N1CCOCC1.I. The summed E-state index contributed by atoms with van der Waals surface area (Å²) in [6.45, 7) is 12.1. The first-order valence-corrected chi connectivity index (χ1v) is 11.8. The largest absolute Gasteiger partial charge is 0.379 e. The molecule has 0 saturated carbocycles. The van der Waals surface area contributed by atoms with Gasteiger partial charge in [-0.15, -0.1) is 24.0 Å². The van der Waals surface area contributed by atoms with Gasteiger partial charge in [0.1, 0.15) is 0 Å². The molecule has 0 radical (unpaired) electrons. The number of halogens is 1. The fraction of sp³-hybridized carbons (Fsp3) is 0.650. The Hall–Kier alpha value is -0.910. The van der Waals surface area contributed by atoms with Crippen LogP contribution in [-0.2, 0) is 21.1 Å². The zero-order valence-corrected chi connectivity index (χ0v) is 21.0. The zero-order chi connectivity index (χ0) is 20.6. The molecule has 1 aliphatic heterocycles. The molecule has 2 rings (SSSR count). The van der Waals surface area contributed by atoms with E-state index in [-0.39, 0.29) is 24.0 Å². The first-order valence-electron chi connectivity index (χ1n) is 9.94. The number of aliphatic imine (C=N–C) groups is 1. The monoisotopic (exact) mass is 538 g/mol. The van der Waals surface area contributed by atoms with Crippen LogP contribution in [-0.4, -0.2) is 71.0 Å². The average molecular weight is 538 g/mol. The van der Waals surface area contributed by atoms with Crippen LogP contribution < -0.4 is 10.6 Å². The van der Waals surface area contributed by atoms with E-state index < -0.39 is 9.84 Å². The van der Waals surface area contributed by atoms with E-state index in [4.69, 9.17) is 4.74 Å². The number of morpholine rings is 1. The summed E-state index contributed by atoms with van der Waals surface area (Å²) in [7, 11) is -3.17. The molecule has 1 heterocycles. The van der Waals surface area contributed by atoms with E-state index in [1.807, 2.05) is 19.1 Å². The Morgan fingerprint density at radius 3 is 2.31 bits per heavy atom. The van der Waals surface area contributed by atoms with Crippen molar-refractivity contribution in [2.75, 3.05) is 45.6 Å². The number of hydrogen-bond donors (Lipinski definition) is 2. The highest BCUT2D eigenvalue weighted by molar-refractivity contribution is 14.0. The van der Waals surface area contributed by atoms with Crippen LogP contribution in [0.25, 0.3) is 0 Å². The number of hydrogen-bond acceptors (Lipinski definition) is 5. The highest BCUT2D eigenvalue weighted by Crippen LogP contribution is 2.13. The van der Waals surface area contributed by atoms with E-state index in [0.29, 0.717) is 23.4 Å². The fourth-order valence-corrected chi connectivity index (χ4v) is 3.88. The van der Waals surface area contributed by atoms with Gasteiger partial charge in [-0.2, -0.15) is 0 Å². The first-order chi connectivity index (χ1) is 13.3. The lowest BCUT2D eigenvalue weighted by atomic mass is 10.0. The first kappa shape index (κ1) is 26.1. The Bertz CT molecular complexity index is 733. The van der Waals surface area contributed by atoms with Crippen molar-refractivity contribution in [1.29, 1.82) is 0 Å². The molecule has 1 aromatic carbocycles. The van der Waals surface area contributed by atoms with Crippen molar-refractivity contribution in [2.24, 2.45) is 10.9 Å². The normalized spacial score (nSPS) is 16.9. The van der Waals surface area contributed by atoms with Gasteiger partial charge >= 0.3 is 0 Å². The Labute approximate surface area is 192 Å². The van der Waals surface area contributed by atoms with E-state index in [0.717, 1.165) is 50.9 Å². The topological polar surface area (TPSA) is 83.0 Å². The van der Waals surface area contributed by atoms with Crippen molar-refractivity contribution in [3.05, 3.63) is 29.8 Å². The van der Waals surface area contributed by atoms with Crippen molar-refractivity contribution in [2.45, 2.75) is 38.3 Å². The Kier molecular flexibility index (Phi) is 11.4. The second kappa shape index (κ2) is 12.7. The number of ether oxygens (including phenoxy) is 1. The molecule has 9 heteroatoms. The van der Waals surface area contributed by atoms with Crippen LogP contribution in [0.1, 0.15) is 26.3 Å². The van der Waals surface area contributed by atoms with Gasteiger partial charge in [0.15, 0.2) is 15.8 Å². The highest BCUT2D eigenvalue weighted by Gasteiger charge is 2.23. The van der Waals surface area contributed by atoms with E-state index in [1.165, 1.54) is 6.26 Å². The fourth-order valence-electron chi connectivity index (χ4n) is 3.25. The molecule has 1 atom stereocenters. The molecule has 166 valence electrons. The summed E-state index contributed by atoms with van der Waals surface area (Å²) < 4.78 is 28.6. The van der Waals surface area contributed by atoms with Gasteiger partial charge in [-0.05, 0) is 30.5 Å². The van der Waals surface area contributed by atoms with Crippen molar-refractivity contribution in [3.63, 3.8) is 0 Å². The predicted octanol–water partition coefficient (Wildman–Crippen LogP) is 2.12. The molecular weight excluding hydrogens is 503 g/mol. The molecular formula is C20H35IN4O3S. The molecule has 0 bridgehead atoms. The van der Waals surface area contributed by atoms with Gasteiger partial charge in [0.05, 0.1) is 24.7 Å². The molecule has 0 aromatic heterocycles. The van der Waals surface area contributed by atoms with Crippen LogP contribution in [0.3, 0.4) is 0 Å². The highest BCUT2D eigenvalue weighted by atomic mass is 127. The van der Waals surface area contributed by atoms with E-state index in [2.05, 4.69) is 34.4 Å². The third-order valence-corrected chi connectivity index (χ3v) is 6.01. The molecule has 1 unspecified atom stereocenters. The van der Waals surface area contributed by atoms with Crippen LogP contribution in [0.4, 0.5) is 0 Å². The van der Waals surface area contributed by atoms with Gasteiger partial charge in [-0.1, -0.05) is 26.0 Å². The molecule has 1 aromatic rings. The Morgan fingerprint density at radius 1 is 1.17 bits per heavy atom. The van der Waals surface area contributed by atoms with Crippen LogP contribution in [0.15, 0.2) is 34.2 Å². The second-order valence-corrected chi connectivity index (χ2v) is 9.47. The quantitative estimate of drug-likeness (QED) is 0.300. The van der Waals surface area contributed by atoms with Crippen LogP contribution >= 0.6 is 24.0 Å². The van der Waals surface area contributed by atoms with Gasteiger partial charge in [0, 0.05) is 38.5 Å². The molecule has 7 nitrogen and oxygen atoms in total. The number of nitrogens with one attached hydrogen (secondary N) is 2. The summed E-state index contributed by atoms with van der Waals surface area (Å²) in [4.78, 5) is 7.46. The van der Waals surface area contributed by atoms with Crippen molar-refractivity contribution >= 4 is 39.8 Å². The van der Waals surface area contributed by atoms with Crippen LogP contribution in [0, 0.1) is 5.92 Å². The third kappa shape index (κ3) is 8.77. The van der Waals surface area contributed by atoms with Crippen molar-refractivity contribution < 1.29 is 13.2 Å². The minimum absolute atomic E-state index is 0. The van der Waals surface area contributed by atoms with Gasteiger partial charge in [0.25, 0.3) is 0 Å². The second-order valence-electron chi connectivity index (χ2n) is 7.45. The minimum atomic E-state index is -3.17. The lowest BCUT2D eigenvalue weighted by molar-refractivity contribution is 0.00752. The number of nitrogens with zero attached hydrogens (tertiary/aromatic N) is 2. The molecule has 29 heavy (non-hydrogen) atoms. The molecule has 0 aliphatic carbocycles. The standard InChI is InChI=1S/C20H34N4O3S.HI/c1-5-21-20(22-14-17-6-8-18(9-7-17)28(4,25)26)23-15-19(16(2)3)24-10-12-27-13-11-24;/h6-9,16,19H,5,10-15H2,1-4H3,(H2,21,22,23);1H. The molecule has 1 saturated heterocycles. The summed E-state index contributed by atoms with van der Waals surface area (Å²) in [5.41, 5.74) is 0.971. The summed E-state index contributed by atoms with van der Waals surface area (Å²) in [5.74, 6) is 1.30. The molecule has 2 N–H and O–H groups in total. The minimum Gasteiger partial charge on any atom is -0.379 e. The maximum atomic E-state index is 11.6. The maximum absolute atomic E-state index is 11.6. The van der Waals surface area contributed by atoms with Gasteiger partial charge in [-0.3, -0.25) is 4.90 Å². The summed E-state index contributed by atoms with van der Waals surface area (Å²) in [6, 6.07) is 7.31. The lowest BCUT2D eigenvalue weighted by Crippen LogP contribution is -2.52. The summed E-state index contributed by atoms with van der Waals surface area (Å²) >= 11 is 0. The van der Waals surface area contributed by atoms with Crippen LogP contribution in [0.5, 0.6) is 0 Å². The third-order valence-electron chi connectivity index (χ3n) is 4.88. The molecule has 1 fully saturated rings. The lowest BCUT2D eigenvalue weighted by Gasteiger charge is -2.37. The summed E-state index contributed by atoms with van der Waals surface area (Å²) in [6.07, 6.45) is 1.22. The summed E-state index contributed by atoms with van der Waals surface area (Å²) in [5, 5.41) is 6.75. The molecule has 1 aliphatic rings. The number of guanidine groups is 1. The smallest absolute Gasteiger partial charge is 0.191 e. The average Bonchev–Trinajstić information content (AvgIpc) is 2.66.